The lowest BCUT2D eigenvalue weighted by Crippen LogP contribution is -2.23. The van der Waals surface area contributed by atoms with Crippen molar-refractivity contribution in [1.82, 2.24) is 20.3 Å². The Bertz CT molecular complexity index is 898. The van der Waals surface area contributed by atoms with Gasteiger partial charge in [0.2, 0.25) is 0 Å². The molecule has 1 aromatic carbocycles. The fourth-order valence-corrected chi connectivity index (χ4v) is 2.79. The van der Waals surface area contributed by atoms with Gasteiger partial charge < -0.3 is 9.84 Å². The molecule has 2 aromatic heterocycles. The van der Waals surface area contributed by atoms with Gasteiger partial charge in [0.1, 0.15) is 17.0 Å². The number of aryl methyl sites for hydroxylation is 3. The summed E-state index contributed by atoms with van der Waals surface area (Å²) in [5, 5.41) is 11.8. The zero-order valence-corrected chi connectivity index (χ0v) is 14.4. The molecule has 0 saturated carbocycles. The standard InChI is InChI=1S/C17H17ClN4O2/c1-10-14(9-22(3)20-10)16-15(11(2)24-21-16)17(23)19-8-12-5-4-6-13(18)7-12/h4-7,9H,8H2,1-3H3,(H,19,23). The van der Waals surface area contributed by atoms with Crippen LogP contribution >= 0.6 is 11.6 Å². The zero-order chi connectivity index (χ0) is 17.3. The number of amides is 1. The average molecular weight is 345 g/mol. The predicted molar refractivity (Wildman–Crippen MR) is 90.8 cm³/mol. The molecule has 0 aliphatic carbocycles. The van der Waals surface area contributed by atoms with Gasteiger partial charge in [-0.2, -0.15) is 5.10 Å². The van der Waals surface area contributed by atoms with Gasteiger partial charge in [-0.15, -0.1) is 0 Å². The van der Waals surface area contributed by atoms with Crippen molar-refractivity contribution >= 4 is 17.5 Å². The summed E-state index contributed by atoms with van der Waals surface area (Å²) in [4.78, 5) is 12.6. The van der Waals surface area contributed by atoms with Gasteiger partial charge in [-0.05, 0) is 31.5 Å². The first-order valence-electron chi connectivity index (χ1n) is 7.45. The van der Waals surface area contributed by atoms with E-state index >= 15 is 0 Å². The Balaban J connectivity index is 1.85. The third kappa shape index (κ3) is 3.19. The van der Waals surface area contributed by atoms with Crippen molar-refractivity contribution in [3.63, 3.8) is 0 Å². The first-order valence-corrected chi connectivity index (χ1v) is 7.83. The maximum Gasteiger partial charge on any atom is 0.257 e. The zero-order valence-electron chi connectivity index (χ0n) is 13.6. The van der Waals surface area contributed by atoms with E-state index in [0.717, 1.165) is 16.8 Å². The molecule has 0 radical (unpaired) electrons. The van der Waals surface area contributed by atoms with E-state index in [9.17, 15) is 4.79 Å². The van der Waals surface area contributed by atoms with Gasteiger partial charge in [-0.1, -0.05) is 28.9 Å². The number of hydrogen-bond acceptors (Lipinski definition) is 4. The van der Waals surface area contributed by atoms with E-state index < -0.39 is 0 Å². The summed E-state index contributed by atoms with van der Waals surface area (Å²) in [7, 11) is 1.82. The molecule has 0 aliphatic rings. The number of benzene rings is 1. The van der Waals surface area contributed by atoms with Crippen molar-refractivity contribution in [2.24, 2.45) is 7.05 Å². The van der Waals surface area contributed by atoms with Crippen LogP contribution in [0.2, 0.25) is 5.02 Å². The molecule has 0 atom stereocenters. The summed E-state index contributed by atoms with van der Waals surface area (Å²) < 4.78 is 6.92. The van der Waals surface area contributed by atoms with Crippen LogP contribution in [-0.4, -0.2) is 20.8 Å². The van der Waals surface area contributed by atoms with Gasteiger partial charge in [0, 0.05) is 30.4 Å². The van der Waals surface area contributed by atoms with Crippen LogP contribution in [0.3, 0.4) is 0 Å². The van der Waals surface area contributed by atoms with Crippen molar-refractivity contribution < 1.29 is 9.32 Å². The number of aromatic nitrogens is 3. The fraction of sp³-hybridized carbons (Fsp3) is 0.235. The Morgan fingerprint density at radius 3 is 2.83 bits per heavy atom. The van der Waals surface area contributed by atoms with Gasteiger partial charge in [0.25, 0.3) is 5.91 Å². The molecule has 2 heterocycles. The highest BCUT2D eigenvalue weighted by Gasteiger charge is 2.23. The largest absolute Gasteiger partial charge is 0.360 e. The maximum atomic E-state index is 12.6. The maximum absolute atomic E-state index is 12.6. The van der Waals surface area contributed by atoms with Crippen molar-refractivity contribution in [3.8, 4) is 11.3 Å². The molecular formula is C17H17ClN4O2. The molecule has 0 unspecified atom stereocenters. The average Bonchev–Trinajstić information content (AvgIpc) is 3.07. The molecule has 1 N–H and O–H groups in total. The summed E-state index contributed by atoms with van der Waals surface area (Å²) in [5.41, 5.74) is 3.41. The molecule has 24 heavy (non-hydrogen) atoms. The van der Waals surface area contributed by atoms with Crippen LogP contribution in [0.25, 0.3) is 11.3 Å². The smallest absolute Gasteiger partial charge is 0.257 e. The van der Waals surface area contributed by atoms with Crippen LogP contribution in [0.4, 0.5) is 0 Å². The van der Waals surface area contributed by atoms with E-state index in [2.05, 4.69) is 15.6 Å². The number of carbonyl (C=O) groups is 1. The lowest BCUT2D eigenvalue weighted by atomic mass is 10.1. The lowest BCUT2D eigenvalue weighted by Gasteiger charge is -2.06. The Hall–Kier alpha value is -2.60. The molecule has 7 heteroatoms. The molecule has 0 spiro atoms. The number of halogens is 1. The molecule has 0 saturated heterocycles. The van der Waals surface area contributed by atoms with Crippen molar-refractivity contribution in [1.29, 1.82) is 0 Å². The van der Waals surface area contributed by atoms with Crippen LogP contribution < -0.4 is 5.32 Å². The second-order valence-electron chi connectivity index (χ2n) is 5.58. The van der Waals surface area contributed by atoms with Crippen molar-refractivity contribution in [2.45, 2.75) is 20.4 Å². The lowest BCUT2D eigenvalue weighted by molar-refractivity contribution is 0.0950. The Morgan fingerprint density at radius 2 is 2.17 bits per heavy atom. The molecule has 3 aromatic rings. The summed E-state index contributed by atoms with van der Waals surface area (Å²) in [6, 6.07) is 7.35. The highest BCUT2D eigenvalue weighted by molar-refractivity contribution is 6.30. The second-order valence-corrected chi connectivity index (χ2v) is 6.01. The van der Waals surface area contributed by atoms with Crippen LogP contribution in [0, 0.1) is 13.8 Å². The van der Waals surface area contributed by atoms with E-state index in [4.69, 9.17) is 16.1 Å². The van der Waals surface area contributed by atoms with Gasteiger partial charge in [-0.3, -0.25) is 9.48 Å². The SMILES string of the molecule is Cc1nn(C)cc1-c1noc(C)c1C(=O)NCc1cccc(Cl)c1. The van der Waals surface area contributed by atoms with Crippen LogP contribution in [0.15, 0.2) is 35.0 Å². The van der Waals surface area contributed by atoms with E-state index in [1.165, 1.54) is 0 Å². The Labute approximate surface area is 144 Å². The molecule has 1 amide bonds. The van der Waals surface area contributed by atoms with Gasteiger partial charge >= 0.3 is 0 Å². The second kappa shape index (κ2) is 6.49. The molecule has 0 fully saturated rings. The molecule has 124 valence electrons. The summed E-state index contributed by atoms with van der Waals surface area (Å²) >= 11 is 5.96. The molecule has 0 bridgehead atoms. The molecule has 6 nitrogen and oxygen atoms in total. The number of carbonyl (C=O) groups excluding carboxylic acids is 1. The minimum absolute atomic E-state index is 0.244. The van der Waals surface area contributed by atoms with Crippen LogP contribution in [0.1, 0.15) is 27.4 Å². The van der Waals surface area contributed by atoms with E-state index in [1.807, 2.05) is 38.4 Å². The number of nitrogens with zero attached hydrogens (tertiary/aromatic N) is 3. The van der Waals surface area contributed by atoms with Crippen LogP contribution in [-0.2, 0) is 13.6 Å². The fourth-order valence-electron chi connectivity index (χ4n) is 2.57. The normalized spacial score (nSPS) is 10.8. The first kappa shape index (κ1) is 16.3. The van der Waals surface area contributed by atoms with E-state index in [0.29, 0.717) is 28.6 Å². The van der Waals surface area contributed by atoms with Gasteiger partial charge in [-0.25, -0.2) is 0 Å². The third-order valence-electron chi connectivity index (χ3n) is 3.70. The minimum atomic E-state index is -0.244. The van der Waals surface area contributed by atoms with Crippen molar-refractivity contribution in [3.05, 3.63) is 58.1 Å². The number of rotatable bonds is 4. The number of nitrogens with one attached hydrogen (secondary N) is 1. The number of hydrogen-bond donors (Lipinski definition) is 1. The Kier molecular flexibility index (Phi) is 4.40. The molecule has 0 aliphatic heterocycles. The monoisotopic (exact) mass is 344 g/mol. The summed E-state index contributed by atoms with van der Waals surface area (Å²) in [6.45, 7) is 3.96. The van der Waals surface area contributed by atoms with E-state index in [1.54, 1.807) is 17.7 Å². The summed E-state index contributed by atoms with van der Waals surface area (Å²) in [5.74, 6) is 0.226. The topological polar surface area (TPSA) is 73.0 Å². The van der Waals surface area contributed by atoms with Gasteiger partial charge in [0.05, 0.1) is 5.69 Å². The summed E-state index contributed by atoms with van der Waals surface area (Å²) in [6.07, 6.45) is 1.82. The highest BCUT2D eigenvalue weighted by atomic mass is 35.5. The van der Waals surface area contributed by atoms with E-state index in [-0.39, 0.29) is 5.91 Å². The van der Waals surface area contributed by atoms with Crippen molar-refractivity contribution in [2.75, 3.05) is 0 Å². The van der Waals surface area contributed by atoms with Gasteiger partial charge in [0.15, 0.2) is 0 Å². The first-order chi connectivity index (χ1) is 11.5. The molecule has 3 rings (SSSR count). The quantitative estimate of drug-likeness (QED) is 0.788. The van der Waals surface area contributed by atoms with Crippen LogP contribution in [0.5, 0.6) is 0 Å². The highest BCUT2D eigenvalue weighted by Crippen LogP contribution is 2.27. The molecular weight excluding hydrogens is 328 g/mol. The minimum Gasteiger partial charge on any atom is -0.360 e. The third-order valence-corrected chi connectivity index (χ3v) is 3.94. The predicted octanol–water partition coefficient (Wildman–Crippen LogP) is 3.28. The Morgan fingerprint density at radius 1 is 1.38 bits per heavy atom.